The Morgan fingerprint density at radius 3 is 2.25 bits per heavy atom. The van der Waals surface area contributed by atoms with Gasteiger partial charge in [-0.3, -0.25) is 9.10 Å². The van der Waals surface area contributed by atoms with Gasteiger partial charge in [-0.05, 0) is 60.2 Å². The molecule has 0 aromatic heterocycles. The number of rotatable bonds is 8. The predicted octanol–water partition coefficient (Wildman–Crippen LogP) is 5.12. The minimum Gasteiger partial charge on any atom is -0.484 e. The van der Waals surface area contributed by atoms with Gasteiger partial charge < -0.3 is 10.1 Å². The Bertz CT molecular complexity index is 1200. The molecule has 0 saturated carbocycles. The molecule has 10 heteroatoms. The summed E-state index contributed by atoms with van der Waals surface area (Å²) in [6.45, 7) is -0.212. The minimum absolute atomic E-state index is 0.0470. The molecule has 0 fully saturated rings. The molecule has 3 aromatic carbocycles. The fourth-order valence-corrected chi connectivity index (χ4v) is 3.97. The van der Waals surface area contributed by atoms with E-state index in [0.29, 0.717) is 32.7 Å². The lowest BCUT2D eigenvalue weighted by molar-refractivity contribution is -0.118. The van der Waals surface area contributed by atoms with Gasteiger partial charge in [0.2, 0.25) is 10.0 Å². The first-order chi connectivity index (χ1) is 15.1. The molecule has 0 aliphatic carbocycles. The third kappa shape index (κ3) is 6.59. The molecule has 0 unspecified atom stereocenters. The number of nitrogens with zero attached hydrogens (tertiary/aromatic N) is 1. The fourth-order valence-electron chi connectivity index (χ4n) is 2.78. The van der Waals surface area contributed by atoms with Gasteiger partial charge in [0.25, 0.3) is 5.91 Å². The van der Waals surface area contributed by atoms with Crippen molar-refractivity contribution < 1.29 is 22.3 Å². The molecule has 0 bridgehead atoms. The maximum atomic E-state index is 13.1. The van der Waals surface area contributed by atoms with Crippen molar-refractivity contribution in [3.05, 3.63) is 88.2 Å². The molecule has 0 aliphatic heterocycles. The van der Waals surface area contributed by atoms with Crippen molar-refractivity contribution in [1.29, 1.82) is 0 Å². The van der Waals surface area contributed by atoms with E-state index in [9.17, 15) is 17.6 Å². The third-order valence-corrected chi connectivity index (χ3v) is 6.22. The zero-order valence-corrected chi connectivity index (χ0v) is 19.2. The van der Waals surface area contributed by atoms with Crippen LogP contribution in [0.2, 0.25) is 10.0 Å². The summed E-state index contributed by atoms with van der Waals surface area (Å²) in [7, 11) is -3.59. The smallest absolute Gasteiger partial charge is 0.262 e. The normalized spacial score (nSPS) is 11.1. The van der Waals surface area contributed by atoms with Crippen LogP contribution in [0, 0.1) is 5.82 Å². The Labute approximate surface area is 195 Å². The second-order valence-corrected chi connectivity index (χ2v) is 9.58. The SMILES string of the molecule is CS(=O)(=O)N(Cc1ccc(F)cc1)c1ccc(OCC(=O)Nc2ccc(Cl)c(Cl)c2)cc1. The summed E-state index contributed by atoms with van der Waals surface area (Å²) in [4.78, 5) is 12.1. The summed E-state index contributed by atoms with van der Waals surface area (Å²) in [5, 5.41) is 3.33. The fraction of sp³-hybridized carbons (Fsp3) is 0.136. The molecule has 0 spiro atoms. The summed E-state index contributed by atoms with van der Waals surface area (Å²) in [6.07, 6.45) is 1.09. The van der Waals surface area contributed by atoms with E-state index in [0.717, 1.165) is 6.26 Å². The molecule has 6 nitrogen and oxygen atoms in total. The highest BCUT2D eigenvalue weighted by atomic mass is 35.5. The van der Waals surface area contributed by atoms with Gasteiger partial charge in [-0.25, -0.2) is 12.8 Å². The Morgan fingerprint density at radius 1 is 1.00 bits per heavy atom. The van der Waals surface area contributed by atoms with E-state index in [2.05, 4.69) is 5.32 Å². The largest absolute Gasteiger partial charge is 0.484 e. The number of halogens is 3. The lowest BCUT2D eigenvalue weighted by atomic mass is 10.2. The number of carbonyl (C=O) groups is 1. The van der Waals surface area contributed by atoms with Gasteiger partial charge in [-0.1, -0.05) is 35.3 Å². The predicted molar refractivity (Wildman–Crippen MR) is 124 cm³/mol. The Kier molecular flexibility index (Phi) is 7.60. The zero-order chi connectivity index (χ0) is 23.3. The molecular formula is C22H19Cl2FN2O4S. The lowest BCUT2D eigenvalue weighted by Crippen LogP contribution is -2.29. The highest BCUT2D eigenvalue weighted by Crippen LogP contribution is 2.26. The van der Waals surface area contributed by atoms with Gasteiger partial charge in [0.15, 0.2) is 6.61 Å². The molecule has 3 aromatic rings. The zero-order valence-electron chi connectivity index (χ0n) is 16.9. The minimum atomic E-state index is -3.59. The summed E-state index contributed by atoms with van der Waals surface area (Å²) in [6, 6.07) is 16.6. The van der Waals surface area contributed by atoms with E-state index in [1.165, 1.54) is 34.6 Å². The van der Waals surface area contributed by atoms with Crippen LogP contribution in [-0.2, 0) is 21.4 Å². The average molecular weight is 497 g/mol. The van der Waals surface area contributed by atoms with Gasteiger partial charge in [0, 0.05) is 5.69 Å². The maximum Gasteiger partial charge on any atom is 0.262 e. The van der Waals surface area contributed by atoms with Crippen LogP contribution in [0.5, 0.6) is 5.75 Å². The van der Waals surface area contributed by atoms with E-state index in [1.54, 1.807) is 36.4 Å². The van der Waals surface area contributed by atoms with Crippen LogP contribution in [0.4, 0.5) is 15.8 Å². The van der Waals surface area contributed by atoms with E-state index in [-0.39, 0.29) is 13.2 Å². The van der Waals surface area contributed by atoms with Crippen LogP contribution in [-0.4, -0.2) is 27.2 Å². The van der Waals surface area contributed by atoms with Crippen molar-refractivity contribution in [3.8, 4) is 5.75 Å². The third-order valence-electron chi connectivity index (χ3n) is 4.34. The number of anilines is 2. The molecule has 0 atom stereocenters. The second-order valence-electron chi connectivity index (χ2n) is 6.86. The van der Waals surface area contributed by atoms with Crippen LogP contribution in [0.1, 0.15) is 5.56 Å². The molecule has 32 heavy (non-hydrogen) atoms. The monoisotopic (exact) mass is 496 g/mol. The first-order valence-corrected chi connectivity index (χ1v) is 11.9. The summed E-state index contributed by atoms with van der Waals surface area (Å²) >= 11 is 11.8. The van der Waals surface area contributed by atoms with Crippen LogP contribution < -0.4 is 14.4 Å². The molecule has 1 amide bonds. The quantitative estimate of drug-likeness (QED) is 0.469. The van der Waals surface area contributed by atoms with Crippen molar-refractivity contribution in [2.75, 3.05) is 22.5 Å². The van der Waals surface area contributed by atoms with Crippen LogP contribution >= 0.6 is 23.2 Å². The van der Waals surface area contributed by atoms with Crippen LogP contribution in [0.15, 0.2) is 66.7 Å². The van der Waals surface area contributed by atoms with Crippen LogP contribution in [0.3, 0.4) is 0 Å². The van der Waals surface area contributed by atoms with Crippen molar-refractivity contribution in [3.63, 3.8) is 0 Å². The second kappa shape index (κ2) is 10.2. The lowest BCUT2D eigenvalue weighted by Gasteiger charge is -2.22. The van der Waals surface area contributed by atoms with Gasteiger partial charge in [-0.15, -0.1) is 0 Å². The highest BCUT2D eigenvalue weighted by molar-refractivity contribution is 7.92. The number of carbonyl (C=O) groups excluding carboxylic acids is 1. The van der Waals surface area contributed by atoms with Gasteiger partial charge in [0.05, 0.1) is 28.5 Å². The van der Waals surface area contributed by atoms with Crippen molar-refractivity contribution >= 4 is 50.5 Å². The van der Waals surface area contributed by atoms with Crippen LogP contribution in [0.25, 0.3) is 0 Å². The van der Waals surface area contributed by atoms with E-state index in [1.807, 2.05) is 0 Å². The standard InChI is InChI=1S/C22H19Cl2FN2O4S/c1-32(29,30)27(13-15-2-4-16(25)5-3-15)18-7-9-19(10-8-18)31-14-22(28)26-17-6-11-20(23)21(24)12-17/h2-12H,13-14H2,1H3,(H,26,28). The summed E-state index contributed by atoms with van der Waals surface area (Å²) in [5.74, 6) is -0.417. The maximum absolute atomic E-state index is 13.1. The topological polar surface area (TPSA) is 75.7 Å². The number of ether oxygens (including phenoxy) is 1. The van der Waals surface area contributed by atoms with Gasteiger partial charge >= 0.3 is 0 Å². The Hall–Kier alpha value is -2.81. The average Bonchev–Trinajstić information content (AvgIpc) is 2.74. The van der Waals surface area contributed by atoms with Crippen molar-refractivity contribution in [1.82, 2.24) is 0 Å². The molecule has 3 rings (SSSR count). The summed E-state index contributed by atoms with van der Waals surface area (Å²) in [5.41, 5.74) is 1.52. The number of nitrogens with one attached hydrogen (secondary N) is 1. The number of hydrogen-bond donors (Lipinski definition) is 1. The molecule has 1 N–H and O–H groups in total. The Balaban J connectivity index is 1.63. The van der Waals surface area contributed by atoms with Crippen molar-refractivity contribution in [2.45, 2.75) is 6.54 Å². The molecule has 0 heterocycles. The molecule has 168 valence electrons. The Morgan fingerprint density at radius 2 is 1.66 bits per heavy atom. The van der Waals surface area contributed by atoms with E-state index >= 15 is 0 Å². The van der Waals surface area contributed by atoms with E-state index < -0.39 is 21.7 Å². The van der Waals surface area contributed by atoms with Crippen molar-refractivity contribution in [2.24, 2.45) is 0 Å². The number of benzene rings is 3. The number of amides is 1. The number of sulfonamides is 1. The van der Waals surface area contributed by atoms with Gasteiger partial charge in [-0.2, -0.15) is 0 Å². The summed E-state index contributed by atoms with van der Waals surface area (Å²) < 4.78 is 44.3. The van der Waals surface area contributed by atoms with E-state index in [4.69, 9.17) is 27.9 Å². The highest BCUT2D eigenvalue weighted by Gasteiger charge is 2.18. The molecule has 0 saturated heterocycles. The number of hydrogen-bond acceptors (Lipinski definition) is 4. The molecule has 0 radical (unpaired) electrons. The molecule has 0 aliphatic rings. The first kappa shape index (κ1) is 23.8. The first-order valence-electron chi connectivity index (χ1n) is 9.32. The molecular weight excluding hydrogens is 478 g/mol. The van der Waals surface area contributed by atoms with Gasteiger partial charge in [0.1, 0.15) is 11.6 Å².